The van der Waals surface area contributed by atoms with Crippen LogP contribution in [0.15, 0.2) is 24.3 Å². The molecule has 1 aliphatic rings. The van der Waals surface area contributed by atoms with E-state index in [9.17, 15) is 14.0 Å². The van der Waals surface area contributed by atoms with Crippen molar-refractivity contribution in [1.82, 2.24) is 15.5 Å². The average molecular weight is 265 g/mol. The molecule has 1 aliphatic heterocycles. The summed E-state index contributed by atoms with van der Waals surface area (Å²) in [7, 11) is 1.55. The molecule has 0 spiro atoms. The molecule has 6 heteroatoms. The van der Waals surface area contributed by atoms with E-state index in [2.05, 4.69) is 10.6 Å². The second kappa shape index (κ2) is 5.69. The van der Waals surface area contributed by atoms with Crippen molar-refractivity contribution in [3.63, 3.8) is 0 Å². The Bertz CT molecular complexity index is 475. The Morgan fingerprint density at radius 3 is 2.63 bits per heavy atom. The average Bonchev–Trinajstić information content (AvgIpc) is 2.87. The maximum Gasteiger partial charge on any atom is 0.314 e. The minimum absolute atomic E-state index is 0.0376. The van der Waals surface area contributed by atoms with Gasteiger partial charge < -0.3 is 15.5 Å². The number of carbonyl (C=O) groups excluding carboxylic acids is 2. The van der Waals surface area contributed by atoms with Crippen LogP contribution in [-0.4, -0.2) is 43.0 Å². The zero-order chi connectivity index (χ0) is 13.8. The molecular weight excluding hydrogens is 249 g/mol. The van der Waals surface area contributed by atoms with Gasteiger partial charge in [-0.25, -0.2) is 9.18 Å². The van der Waals surface area contributed by atoms with Gasteiger partial charge in [-0.15, -0.1) is 0 Å². The Kier molecular flexibility index (Phi) is 3.99. The monoisotopic (exact) mass is 265 g/mol. The molecule has 0 unspecified atom stereocenters. The third-order valence-electron chi connectivity index (χ3n) is 3.13. The van der Waals surface area contributed by atoms with E-state index < -0.39 is 0 Å². The van der Waals surface area contributed by atoms with Gasteiger partial charge in [0.2, 0.25) is 0 Å². The molecule has 0 aromatic heterocycles. The van der Waals surface area contributed by atoms with E-state index in [1.807, 2.05) is 0 Å². The maximum atomic E-state index is 12.8. The Hall–Kier alpha value is -2.11. The first-order chi connectivity index (χ1) is 9.10. The molecule has 1 fully saturated rings. The van der Waals surface area contributed by atoms with Crippen LogP contribution in [0.25, 0.3) is 0 Å². The lowest BCUT2D eigenvalue weighted by atomic mass is 10.2. The quantitative estimate of drug-likeness (QED) is 0.837. The van der Waals surface area contributed by atoms with Crippen LogP contribution >= 0.6 is 0 Å². The van der Waals surface area contributed by atoms with Crippen LogP contribution in [0.1, 0.15) is 16.8 Å². The third-order valence-corrected chi connectivity index (χ3v) is 3.13. The van der Waals surface area contributed by atoms with Crippen LogP contribution in [0.3, 0.4) is 0 Å². The Balaban J connectivity index is 1.95. The van der Waals surface area contributed by atoms with Crippen LogP contribution in [0.5, 0.6) is 0 Å². The second-order valence-corrected chi connectivity index (χ2v) is 4.47. The van der Waals surface area contributed by atoms with E-state index >= 15 is 0 Å². The molecule has 2 N–H and O–H groups in total. The summed E-state index contributed by atoms with van der Waals surface area (Å²) in [5.74, 6) is -0.502. The number of benzene rings is 1. The number of urea groups is 1. The topological polar surface area (TPSA) is 61.4 Å². The van der Waals surface area contributed by atoms with Gasteiger partial charge in [-0.2, -0.15) is 0 Å². The molecule has 0 saturated carbocycles. The number of halogens is 1. The normalized spacial score (nSPS) is 18.2. The number of hydrogen-bond donors (Lipinski definition) is 2. The van der Waals surface area contributed by atoms with Crippen LogP contribution in [0, 0.1) is 5.82 Å². The highest BCUT2D eigenvalue weighted by molar-refractivity contribution is 5.94. The molecule has 3 amide bonds. The first kappa shape index (κ1) is 13.3. The van der Waals surface area contributed by atoms with Gasteiger partial charge in [0, 0.05) is 31.7 Å². The number of nitrogens with zero attached hydrogens (tertiary/aromatic N) is 1. The van der Waals surface area contributed by atoms with E-state index in [0.29, 0.717) is 18.7 Å². The number of rotatable bonds is 2. The molecule has 0 bridgehead atoms. The standard InChI is InChI=1S/C13H16FN3O2/c1-15-13(19)16-11-6-7-17(8-11)12(18)9-2-4-10(14)5-3-9/h2-5,11H,6-8H2,1H3,(H2,15,16,19)/t11-/m1/s1. The lowest BCUT2D eigenvalue weighted by Crippen LogP contribution is -2.42. The molecule has 102 valence electrons. The number of nitrogens with one attached hydrogen (secondary N) is 2. The molecule has 2 rings (SSSR count). The van der Waals surface area contributed by atoms with Gasteiger partial charge in [0.05, 0.1) is 0 Å². The van der Waals surface area contributed by atoms with Gasteiger partial charge in [-0.3, -0.25) is 4.79 Å². The first-order valence-electron chi connectivity index (χ1n) is 6.13. The van der Waals surface area contributed by atoms with E-state index in [1.54, 1.807) is 11.9 Å². The minimum Gasteiger partial charge on any atom is -0.341 e. The number of amides is 3. The van der Waals surface area contributed by atoms with Crippen molar-refractivity contribution >= 4 is 11.9 Å². The number of likely N-dealkylation sites (tertiary alicyclic amines) is 1. The lowest BCUT2D eigenvalue weighted by Gasteiger charge is -2.17. The molecule has 5 nitrogen and oxygen atoms in total. The van der Waals surface area contributed by atoms with Crippen molar-refractivity contribution in [2.45, 2.75) is 12.5 Å². The van der Waals surface area contributed by atoms with Gasteiger partial charge in [0.15, 0.2) is 0 Å². The summed E-state index contributed by atoms with van der Waals surface area (Å²) in [5.41, 5.74) is 0.460. The summed E-state index contributed by atoms with van der Waals surface area (Å²) in [6.45, 7) is 1.06. The molecule has 1 heterocycles. The molecule has 0 aliphatic carbocycles. The molecule has 19 heavy (non-hydrogen) atoms. The van der Waals surface area contributed by atoms with Gasteiger partial charge in [0.1, 0.15) is 5.82 Å². The zero-order valence-corrected chi connectivity index (χ0v) is 10.6. The van der Waals surface area contributed by atoms with Gasteiger partial charge in [0.25, 0.3) is 5.91 Å². The third kappa shape index (κ3) is 3.21. The summed E-state index contributed by atoms with van der Waals surface area (Å²) in [4.78, 5) is 25.0. The Labute approximate surface area is 110 Å². The van der Waals surface area contributed by atoms with Gasteiger partial charge in [-0.1, -0.05) is 0 Å². The fraction of sp³-hybridized carbons (Fsp3) is 0.385. The Morgan fingerprint density at radius 1 is 1.32 bits per heavy atom. The summed E-state index contributed by atoms with van der Waals surface area (Å²) < 4.78 is 12.8. The second-order valence-electron chi connectivity index (χ2n) is 4.47. The fourth-order valence-electron chi connectivity index (χ4n) is 2.10. The summed E-state index contributed by atoms with van der Waals surface area (Å²) in [6.07, 6.45) is 0.723. The highest BCUT2D eigenvalue weighted by Crippen LogP contribution is 2.14. The highest BCUT2D eigenvalue weighted by atomic mass is 19.1. The number of hydrogen-bond acceptors (Lipinski definition) is 2. The highest BCUT2D eigenvalue weighted by Gasteiger charge is 2.27. The van der Waals surface area contributed by atoms with Crippen LogP contribution in [0.2, 0.25) is 0 Å². The molecular formula is C13H16FN3O2. The molecule has 0 radical (unpaired) electrons. The molecule has 1 aromatic carbocycles. The minimum atomic E-state index is -0.364. The summed E-state index contributed by atoms with van der Waals surface area (Å²) in [6, 6.07) is 5.19. The van der Waals surface area contributed by atoms with Crippen molar-refractivity contribution < 1.29 is 14.0 Å². The SMILES string of the molecule is CNC(=O)N[C@@H]1CCN(C(=O)c2ccc(F)cc2)C1. The van der Waals surface area contributed by atoms with Gasteiger partial charge >= 0.3 is 6.03 Å². The maximum absolute atomic E-state index is 12.8. The largest absolute Gasteiger partial charge is 0.341 e. The lowest BCUT2D eigenvalue weighted by molar-refractivity contribution is 0.0789. The Morgan fingerprint density at radius 2 is 2.00 bits per heavy atom. The van der Waals surface area contributed by atoms with Gasteiger partial charge in [-0.05, 0) is 30.7 Å². The summed E-state index contributed by atoms with van der Waals surface area (Å²) in [5, 5.41) is 5.25. The van der Waals surface area contributed by atoms with Crippen molar-refractivity contribution in [3.05, 3.63) is 35.6 Å². The van der Waals surface area contributed by atoms with Crippen molar-refractivity contribution in [2.75, 3.05) is 20.1 Å². The van der Waals surface area contributed by atoms with Crippen LogP contribution in [-0.2, 0) is 0 Å². The van der Waals surface area contributed by atoms with Crippen molar-refractivity contribution in [2.24, 2.45) is 0 Å². The molecule has 1 saturated heterocycles. The van der Waals surface area contributed by atoms with Crippen LogP contribution in [0.4, 0.5) is 9.18 Å². The first-order valence-corrected chi connectivity index (χ1v) is 6.13. The predicted octanol–water partition coefficient (Wildman–Crippen LogP) is 0.969. The zero-order valence-electron chi connectivity index (χ0n) is 10.6. The van der Waals surface area contributed by atoms with Crippen molar-refractivity contribution in [3.8, 4) is 0 Å². The number of carbonyl (C=O) groups is 2. The fourth-order valence-corrected chi connectivity index (χ4v) is 2.10. The molecule has 1 atom stereocenters. The van der Waals surface area contributed by atoms with E-state index in [-0.39, 0.29) is 23.8 Å². The van der Waals surface area contributed by atoms with Crippen LogP contribution < -0.4 is 10.6 Å². The van der Waals surface area contributed by atoms with E-state index in [1.165, 1.54) is 24.3 Å². The molecule has 1 aromatic rings. The smallest absolute Gasteiger partial charge is 0.314 e. The van der Waals surface area contributed by atoms with E-state index in [4.69, 9.17) is 0 Å². The van der Waals surface area contributed by atoms with E-state index in [0.717, 1.165) is 6.42 Å². The van der Waals surface area contributed by atoms with Crippen molar-refractivity contribution in [1.29, 1.82) is 0 Å². The summed E-state index contributed by atoms with van der Waals surface area (Å²) >= 11 is 0. The predicted molar refractivity (Wildman–Crippen MR) is 68.3 cm³/mol.